The molecule has 2 saturated heterocycles. The molecule has 26 heavy (non-hydrogen) atoms. The van der Waals surface area contributed by atoms with E-state index < -0.39 is 0 Å². The van der Waals surface area contributed by atoms with Gasteiger partial charge in [0.15, 0.2) is 0 Å². The van der Waals surface area contributed by atoms with E-state index in [-0.39, 0.29) is 5.54 Å². The van der Waals surface area contributed by atoms with Gasteiger partial charge in [-0.1, -0.05) is 18.2 Å². The molecule has 1 N–H and O–H groups in total. The molecule has 0 amide bonds. The van der Waals surface area contributed by atoms with Crippen LogP contribution in [0.4, 0.5) is 11.5 Å². The van der Waals surface area contributed by atoms with Gasteiger partial charge in [0.2, 0.25) is 0 Å². The van der Waals surface area contributed by atoms with Gasteiger partial charge in [0.25, 0.3) is 0 Å². The second kappa shape index (κ2) is 7.36. The Morgan fingerprint density at radius 3 is 2.12 bits per heavy atom. The van der Waals surface area contributed by atoms with E-state index >= 15 is 0 Å². The number of H-pyrrole nitrogens is 1. The van der Waals surface area contributed by atoms with E-state index in [1.165, 1.54) is 49.6 Å². The standard InChI is InChI=1S/C22H32N4/c1-22(2,20-11-12-21(23-20)25-13-7-4-8-14-25)26-17-15-24(16-18-26)19-9-5-3-6-10-19/h3,5-6,9-12,23H,4,7-8,13-18H2,1-2H3. The quantitative estimate of drug-likeness (QED) is 0.898. The summed E-state index contributed by atoms with van der Waals surface area (Å²) in [5.74, 6) is 1.30. The molecule has 2 aliphatic heterocycles. The smallest absolute Gasteiger partial charge is 0.106 e. The fourth-order valence-corrected chi connectivity index (χ4v) is 4.39. The Labute approximate surface area is 157 Å². The minimum absolute atomic E-state index is 0.0385. The number of anilines is 2. The van der Waals surface area contributed by atoms with Gasteiger partial charge in [0.1, 0.15) is 5.82 Å². The summed E-state index contributed by atoms with van der Waals surface area (Å²) in [5.41, 5.74) is 2.72. The fourth-order valence-electron chi connectivity index (χ4n) is 4.39. The van der Waals surface area contributed by atoms with E-state index in [0.717, 1.165) is 26.2 Å². The van der Waals surface area contributed by atoms with Crippen LogP contribution in [0.3, 0.4) is 0 Å². The molecule has 2 aromatic rings. The summed E-state index contributed by atoms with van der Waals surface area (Å²) in [5, 5.41) is 0. The lowest BCUT2D eigenvalue weighted by Gasteiger charge is -2.44. The van der Waals surface area contributed by atoms with Gasteiger partial charge in [-0.2, -0.15) is 0 Å². The van der Waals surface area contributed by atoms with Gasteiger partial charge in [-0.25, -0.2) is 0 Å². The molecular weight excluding hydrogens is 320 g/mol. The summed E-state index contributed by atoms with van der Waals surface area (Å²) in [6.45, 7) is 11.5. The van der Waals surface area contributed by atoms with Crippen molar-refractivity contribution in [2.24, 2.45) is 0 Å². The summed E-state index contributed by atoms with van der Waals surface area (Å²) in [6, 6.07) is 15.4. The molecule has 0 unspecified atom stereocenters. The molecule has 0 aliphatic carbocycles. The molecule has 1 aromatic carbocycles. The van der Waals surface area contributed by atoms with Gasteiger partial charge in [-0.3, -0.25) is 4.90 Å². The highest BCUT2D eigenvalue weighted by molar-refractivity contribution is 5.47. The molecule has 0 bridgehead atoms. The number of piperidine rings is 1. The predicted octanol–water partition coefficient (Wildman–Crippen LogP) is 4.06. The summed E-state index contributed by atoms with van der Waals surface area (Å²) in [7, 11) is 0. The Balaban J connectivity index is 1.42. The van der Waals surface area contributed by atoms with E-state index in [1.54, 1.807) is 0 Å². The van der Waals surface area contributed by atoms with Gasteiger partial charge in [-0.15, -0.1) is 0 Å². The van der Waals surface area contributed by atoms with E-state index in [4.69, 9.17) is 0 Å². The molecule has 3 heterocycles. The molecular formula is C22H32N4. The largest absolute Gasteiger partial charge is 0.369 e. The van der Waals surface area contributed by atoms with Crippen LogP contribution in [0.15, 0.2) is 42.5 Å². The first-order valence-corrected chi connectivity index (χ1v) is 10.1. The van der Waals surface area contributed by atoms with Crippen LogP contribution >= 0.6 is 0 Å². The molecule has 2 fully saturated rings. The van der Waals surface area contributed by atoms with Gasteiger partial charge < -0.3 is 14.8 Å². The predicted molar refractivity (Wildman–Crippen MR) is 110 cm³/mol. The summed E-state index contributed by atoms with van der Waals surface area (Å²) in [4.78, 5) is 11.4. The van der Waals surface area contributed by atoms with Crippen molar-refractivity contribution in [1.82, 2.24) is 9.88 Å². The molecule has 0 spiro atoms. The lowest BCUT2D eigenvalue weighted by atomic mass is 9.97. The zero-order valence-corrected chi connectivity index (χ0v) is 16.2. The summed E-state index contributed by atoms with van der Waals surface area (Å²) < 4.78 is 0. The van der Waals surface area contributed by atoms with E-state index in [2.05, 4.69) is 76.0 Å². The average Bonchev–Trinajstić information content (AvgIpc) is 3.21. The van der Waals surface area contributed by atoms with Crippen LogP contribution in [0.25, 0.3) is 0 Å². The third-order valence-corrected chi connectivity index (χ3v) is 6.22. The van der Waals surface area contributed by atoms with Crippen LogP contribution in [-0.4, -0.2) is 49.2 Å². The summed E-state index contributed by atoms with van der Waals surface area (Å²) >= 11 is 0. The van der Waals surface area contributed by atoms with Crippen LogP contribution in [0.1, 0.15) is 38.8 Å². The number of aromatic nitrogens is 1. The topological polar surface area (TPSA) is 25.5 Å². The number of nitrogens with one attached hydrogen (secondary N) is 1. The van der Waals surface area contributed by atoms with Crippen molar-refractivity contribution in [3.8, 4) is 0 Å². The monoisotopic (exact) mass is 352 g/mol. The first-order chi connectivity index (χ1) is 12.6. The molecule has 1 aromatic heterocycles. The number of para-hydroxylation sites is 1. The maximum absolute atomic E-state index is 3.73. The minimum Gasteiger partial charge on any atom is -0.369 e. The Morgan fingerprint density at radius 1 is 0.731 bits per heavy atom. The van der Waals surface area contributed by atoms with Crippen LogP contribution in [0.5, 0.6) is 0 Å². The zero-order valence-electron chi connectivity index (χ0n) is 16.2. The Bertz CT molecular complexity index is 692. The SMILES string of the molecule is CC(C)(c1ccc(N2CCCCC2)[nH]1)N1CCN(c2ccccc2)CC1. The zero-order chi connectivity index (χ0) is 18.0. The Hall–Kier alpha value is -1.94. The second-order valence-electron chi connectivity index (χ2n) is 8.17. The molecule has 2 aliphatic rings. The van der Waals surface area contributed by atoms with Crippen LogP contribution < -0.4 is 9.80 Å². The summed E-state index contributed by atoms with van der Waals surface area (Å²) in [6.07, 6.45) is 4.01. The van der Waals surface area contributed by atoms with Gasteiger partial charge in [-0.05, 0) is 57.4 Å². The van der Waals surface area contributed by atoms with Gasteiger partial charge >= 0.3 is 0 Å². The number of benzene rings is 1. The van der Waals surface area contributed by atoms with Crippen molar-refractivity contribution in [3.63, 3.8) is 0 Å². The molecule has 0 saturated carbocycles. The highest BCUT2D eigenvalue weighted by atomic mass is 15.3. The van der Waals surface area contributed by atoms with Crippen molar-refractivity contribution in [3.05, 3.63) is 48.2 Å². The van der Waals surface area contributed by atoms with Crippen molar-refractivity contribution in [2.75, 3.05) is 49.1 Å². The number of piperazine rings is 1. The molecule has 140 valence electrons. The fraction of sp³-hybridized carbons (Fsp3) is 0.545. The number of hydrogen-bond donors (Lipinski definition) is 1. The molecule has 0 radical (unpaired) electrons. The normalized spacial score (nSPS) is 19.8. The maximum Gasteiger partial charge on any atom is 0.106 e. The maximum atomic E-state index is 3.73. The Kier molecular flexibility index (Phi) is 4.94. The van der Waals surface area contributed by atoms with Crippen LogP contribution in [-0.2, 0) is 5.54 Å². The van der Waals surface area contributed by atoms with E-state index in [9.17, 15) is 0 Å². The average molecular weight is 353 g/mol. The molecule has 4 rings (SSSR count). The number of nitrogens with zero attached hydrogens (tertiary/aromatic N) is 3. The molecule has 4 nitrogen and oxygen atoms in total. The Morgan fingerprint density at radius 2 is 1.42 bits per heavy atom. The number of hydrogen-bond acceptors (Lipinski definition) is 3. The number of aromatic amines is 1. The third kappa shape index (κ3) is 3.48. The lowest BCUT2D eigenvalue weighted by Crippen LogP contribution is -2.53. The molecule has 4 heteroatoms. The van der Waals surface area contributed by atoms with E-state index in [1.807, 2.05) is 0 Å². The minimum atomic E-state index is 0.0385. The van der Waals surface area contributed by atoms with Crippen molar-refractivity contribution < 1.29 is 0 Å². The number of rotatable bonds is 4. The first-order valence-electron chi connectivity index (χ1n) is 10.1. The second-order valence-corrected chi connectivity index (χ2v) is 8.17. The van der Waals surface area contributed by atoms with E-state index in [0.29, 0.717) is 0 Å². The van der Waals surface area contributed by atoms with Crippen molar-refractivity contribution >= 4 is 11.5 Å². The first kappa shape index (κ1) is 17.5. The molecule has 0 atom stereocenters. The highest BCUT2D eigenvalue weighted by Gasteiger charge is 2.33. The van der Waals surface area contributed by atoms with Crippen LogP contribution in [0, 0.1) is 0 Å². The lowest BCUT2D eigenvalue weighted by molar-refractivity contribution is 0.108. The van der Waals surface area contributed by atoms with Gasteiger partial charge in [0.05, 0.1) is 5.54 Å². The highest BCUT2D eigenvalue weighted by Crippen LogP contribution is 2.31. The van der Waals surface area contributed by atoms with Crippen molar-refractivity contribution in [1.29, 1.82) is 0 Å². The van der Waals surface area contributed by atoms with Gasteiger partial charge in [0, 0.05) is 50.6 Å². The third-order valence-electron chi connectivity index (χ3n) is 6.22. The van der Waals surface area contributed by atoms with Crippen molar-refractivity contribution in [2.45, 2.75) is 38.6 Å². The van der Waals surface area contributed by atoms with Crippen LogP contribution in [0.2, 0.25) is 0 Å².